The third kappa shape index (κ3) is 7.58. The molecule has 2 unspecified atom stereocenters. The lowest BCUT2D eigenvalue weighted by atomic mass is 9.90. The highest BCUT2D eigenvalue weighted by atomic mass is 35.5. The van der Waals surface area contributed by atoms with Gasteiger partial charge in [0.05, 0.1) is 35.0 Å². The number of likely N-dealkylation sites (tertiary alicyclic amines) is 1. The molecule has 0 spiro atoms. The van der Waals surface area contributed by atoms with E-state index in [4.69, 9.17) is 28.3 Å². The van der Waals surface area contributed by atoms with Gasteiger partial charge in [0.2, 0.25) is 5.91 Å². The summed E-state index contributed by atoms with van der Waals surface area (Å²) in [5.74, 6) is -0.305. The third-order valence-electron chi connectivity index (χ3n) is 8.05. The number of carbonyl (C=O) groups excluding carboxylic acids is 2. The number of hydrogen-bond donors (Lipinski definition) is 3. The van der Waals surface area contributed by atoms with Gasteiger partial charge < -0.3 is 20.3 Å². The van der Waals surface area contributed by atoms with Gasteiger partial charge in [-0.15, -0.1) is 0 Å². The molecular formula is C33H36Cl2FN5O3. The largest absolute Gasteiger partial charge is 0.395 e. The normalized spacial score (nSPS) is 18.1. The van der Waals surface area contributed by atoms with Gasteiger partial charge in [-0.05, 0) is 86.7 Å². The Morgan fingerprint density at radius 3 is 2.59 bits per heavy atom. The van der Waals surface area contributed by atoms with E-state index < -0.39 is 11.9 Å². The summed E-state index contributed by atoms with van der Waals surface area (Å²) in [6.45, 7) is 4.77. The van der Waals surface area contributed by atoms with Gasteiger partial charge >= 0.3 is 0 Å². The van der Waals surface area contributed by atoms with Crippen molar-refractivity contribution in [3.8, 4) is 0 Å². The lowest BCUT2D eigenvalue weighted by Crippen LogP contribution is -2.43. The van der Waals surface area contributed by atoms with Gasteiger partial charge in [-0.1, -0.05) is 41.4 Å². The lowest BCUT2D eigenvalue weighted by Gasteiger charge is -2.28. The fourth-order valence-electron chi connectivity index (χ4n) is 5.69. The standard InChI is InChI=1S/C21H21Cl2FN2O.C12H15N3O2/c22-14-3-1-4-15(11-14)25-21(27)20-17(9-10-26(20)12-13-7-8-13)16-5-2-6-18(23)19(16)24;1-2-15-8-14-10-7-9(3-4-11(10)15)12(17)13-5-6-16/h1-6,11,13,17,20H,7-10,12H2,(H,25,27);3-4,7-8,16H,2,5-6H2,1H3,(H,13,17). The number of anilines is 1. The molecule has 2 aliphatic rings. The fourth-order valence-corrected chi connectivity index (χ4v) is 6.06. The van der Waals surface area contributed by atoms with E-state index in [2.05, 4.69) is 20.5 Å². The average Bonchev–Trinajstić information content (AvgIpc) is 3.59. The molecule has 3 N–H and O–H groups in total. The second-order valence-electron chi connectivity index (χ2n) is 11.1. The molecule has 1 saturated carbocycles. The van der Waals surface area contributed by atoms with Crippen molar-refractivity contribution in [1.82, 2.24) is 19.8 Å². The van der Waals surface area contributed by atoms with E-state index >= 15 is 0 Å². The molecule has 2 amide bonds. The predicted molar refractivity (Wildman–Crippen MR) is 172 cm³/mol. The summed E-state index contributed by atoms with van der Waals surface area (Å²) >= 11 is 12.0. The van der Waals surface area contributed by atoms with Crippen LogP contribution >= 0.6 is 23.2 Å². The van der Waals surface area contributed by atoms with E-state index in [-0.39, 0.29) is 35.9 Å². The molecule has 1 saturated heterocycles. The van der Waals surface area contributed by atoms with Crippen molar-refractivity contribution < 1.29 is 19.1 Å². The molecule has 44 heavy (non-hydrogen) atoms. The van der Waals surface area contributed by atoms with Crippen molar-refractivity contribution in [3.63, 3.8) is 0 Å². The average molecular weight is 641 g/mol. The zero-order valence-electron chi connectivity index (χ0n) is 24.5. The third-order valence-corrected chi connectivity index (χ3v) is 8.58. The van der Waals surface area contributed by atoms with Crippen LogP contribution in [0.15, 0.2) is 67.0 Å². The van der Waals surface area contributed by atoms with Gasteiger partial charge in [0, 0.05) is 41.8 Å². The molecule has 1 aliphatic carbocycles. The number of fused-ring (bicyclic) bond motifs is 1. The van der Waals surface area contributed by atoms with Crippen LogP contribution in [0.4, 0.5) is 10.1 Å². The Hall–Kier alpha value is -3.50. The van der Waals surface area contributed by atoms with E-state index in [1.165, 1.54) is 12.8 Å². The first-order chi connectivity index (χ1) is 21.3. The van der Waals surface area contributed by atoms with Crippen LogP contribution in [0.1, 0.15) is 48.0 Å². The van der Waals surface area contributed by atoms with Crippen molar-refractivity contribution in [2.24, 2.45) is 5.92 Å². The summed E-state index contributed by atoms with van der Waals surface area (Å²) in [5.41, 5.74) is 3.56. The minimum Gasteiger partial charge on any atom is -0.395 e. The molecule has 2 heterocycles. The number of aromatic nitrogens is 2. The number of nitrogens with zero attached hydrogens (tertiary/aromatic N) is 3. The Labute approximate surface area is 266 Å². The van der Waals surface area contributed by atoms with Crippen molar-refractivity contribution in [3.05, 3.63) is 94.0 Å². The molecule has 2 fully saturated rings. The Bertz CT molecular complexity index is 1630. The number of carbonyl (C=O) groups is 2. The molecule has 0 bridgehead atoms. The summed E-state index contributed by atoms with van der Waals surface area (Å²) in [7, 11) is 0. The first-order valence-electron chi connectivity index (χ1n) is 14.9. The summed E-state index contributed by atoms with van der Waals surface area (Å²) in [5, 5.41) is 14.9. The van der Waals surface area contributed by atoms with E-state index in [0.717, 1.165) is 37.1 Å². The number of benzene rings is 3. The van der Waals surface area contributed by atoms with Gasteiger partial charge in [0.25, 0.3) is 5.91 Å². The van der Waals surface area contributed by atoms with Crippen molar-refractivity contribution in [1.29, 1.82) is 0 Å². The Morgan fingerprint density at radius 2 is 1.86 bits per heavy atom. The van der Waals surface area contributed by atoms with Crippen LogP contribution in [0.5, 0.6) is 0 Å². The van der Waals surface area contributed by atoms with Crippen molar-refractivity contribution in [2.75, 3.05) is 31.6 Å². The van der Waals surface area contributed by atoms with Crippen LogP contribution in [0.3, 0.4) is 0 Å². The fraction of sp³-hybridized carbons (Fsp3) is 0.364. The van der Waals surface area contributed by atoms with Crippen LogP contribution in [0.2, 0.25) is 10.0 Å². The smallest absolute Gasteiger partial charge is 0.251 e. The second kappa shape index (κ2) is 14.5. The minimum atomic E-state index is -0.419. The monoisotopic (exact) mass is 639 g/mol. The summed E-state index contributed by atoms with van der Waals surface area (Å²) in [6.07, 6.45) is 4.91. The highest BCUT2D eigenvalue weighted by Gasteiger charge is 2.43. The topological polar surface area (TPSA) is 99.5 Å². The first-order valence-corrected chi connectivity index (χ1v) is 15.6. The number of amides is 2. The summed E-state index contributed by atoms with van der Waals surface area (Å²) < 4.78 is 16.7. The SMILES string of the molecule is CCn1cnc2cc(C(=O)NCCO)ccc21.O=C(Nc1cccc(Cl)c1)C1C(c2cccc(Cl)c2F)CCN1CC1CC1. The second-order valence-corrected chi connectivity index (χ2v) is 12.0. The van der Waals surface area contributed by atoms with Gasteiger partial charge in [-0.25, -0.2) is 9.37 Å². The molecule has 8 nitrogen and oxygen atoms in total. The van der Waals surface area contributed by atoms with Crippen LogP contribution in [0, 0.1) is 11.7 Å². The summed E-state index contributed by atoms with van der Waals surface area (Å²) in [6, 6.07) is 17.1. The molecule has 2 atom stereocenters. The Kier molecular flexibility index (Phi) is 10.5. The highest BCUT2D eigenvalue weighted by molar-refractivity contribution is 6.31. The van der Waals surface area contributed by atoms with Crippen LogP contribution in [-0.2, 0) is 11.3 Å². The van der Waals surface area contributed by atoms with Gasteiger partial charge in [0.15, 0.2) is 0 Å². The quantitative estimate of drug-likeness (QED) is 0.205. The maximum Gasteiger partial charge on any atom is 0.251 e. The van der Waals surface area contributed by atoms with Crippen molar-refractivity contribution >= 4 is 51.7 Å². The number of hydrogen-bond acceptors (Lipinski definition) is 5. The Balaban J connectivity index is 0.000000195. The molecule has 0 radical (unpaired) electrons. The predicted octanol–water partition coefficient (Wildman–Crippen LogP) is 6.12. The lowest BCUT2D eigenvalue weighted by molar-refractivity contribution is -0.120. The zero-order valence-corrected chi connectivity index (χ0v) is 26.0. The van der Waals surface area contributed by atoms with Gasteiger partial charge in [0.1, 0.15) is 5.82 Å². The van der Waals surface area contributed by atoms with E-state index in [1.807, 2.05) is 17.6 Å². The van der Waals surface area contributed by atoms with Crippen LogP contribution in [0.25, 0.3) is 11.0 Å². The number of imidazole rings is 1. The molecule has 4 aromatic rings. The van der Waals surface area contributed by atoms with E-state index in [0.29, 0.717) is 27.8 Å². The number of aliphatic hydroxyl groups excluding tert-OH is 1. The number of rotatable bonds is 9. The maximum atomic E-state index is 14.7. The molecule has 1 aliphatic heterocycles. The van der Waals surface area contributed by atoms with E-state index in [9.17, 15) is 14.0 Å². The zero-order chi connectivity index (χ0) is 31.2. The van der Waals surface area contributed by atoms with E-state index in [1.54, 1.807) is 60.9 Å². The molecular weight excluding hydrogens is 604 g/mol. The van der Waals surface area contributed by atoms with Crippen LogP contribution < -0.4 is 10.6 Å². The van der Waals surface area contributed by atoms with Crippen LogP contribution in [-0.4, -0.2) is 63.7 Å². The number of aryl methyl sites for hydroxylation is 1. The van der Waals surface area contributed by atoms with Gasteiger partial charge in [-0.3, -0.25) is 14.5 Å². The number of aliphatic hydroxyl groups is 1. The molecule has 6 rings (SSSR count). The maximum absolute atomic E-state index is 14.7. The highest BCUT2D eigenvalue weighted by Crippen LogP contribution is 2.40. The van der Waals surface area contributed by atoms with Gasteiger partial charge in [-0.2, -0.15) is 0 Å². The summed E-state index contributed by atoms with van der Waals surface area (Å²) in [4.78, 5) is 31.3. The number of halogens is 3. The number of nitrogens with one attached hydrogen (secondary N) is 2. The molecule has 3 aromatic carbocycles. The first kappa shape index (κ1) is 31.9. The minimum absolute atomic E-state index is 0.0571. The molecule has 11 heteroatoms. The molecule has 232 valence electrons. The Morgan fingerprint density at radius 1 is 1.07 bits per heavy atom. The molecule has 1 aromatic heterocycles. The van der Waals surface area contributed by atoms with Crippen molar-refractivity contribution in [2.45, 2.75) is 44.7 Å².